The van der Waals surface area contributed by atoms with E-state index >= 15 is 0 Å². The van der Waals surface area contributed by atoms with E-state index in [4.69, 9.17) is 5.26 Å². The molecule has 0 radical (unpaired) electrons. The van der Waals surface area contributed by atoms with Gasteiger partial charge in [-0.1, -0.05) is 32.0 Å². The first kappa shape index (κ1) is 13.0. The second-order valence-corrected chi connectivity index (χ2v) is 4.18. The number of anilines is 2. The van der Waals surface area contributed by atoms with Crippen LogP contribution in [0.25, 0.3) is 0 Å². The SMILES string of the molecule is CCc1cccc(CC)c1Nc1cc(C#N)ncn1. The van der Waals surface area contributed by atoms with Crippen molar-refractivity contribution in [2.75, 3.05) is 5.32 Å². The van der Waals surface area contributed by atoms with Gasteiger partial charge in [0.15, 0.2) is 0 Å². The van der Waals surface area contributed by atoms with E-state index in [1.807, 2.05) is 6.07 Å². The number of hydrogen-bond acceptors (Lipinski definition) is 4. The van der Waals surface area contributed by atoms with Crippen LogP contribution < -0.4 is 5.32 Å². The average molecular weight is 252 g/mol. The van der Waals surface area contributed by atoms with Crippen LogP contribution in [0, 0.1) is 11.3 Å². The second-order valence-electron chi connectivity index (χ2n) is 4.18. The normalized spacial score (nSPS) is 9.95. The molecule has 0 spiro atoms. The Labute approximate surface area is 113 Å². The van der Waals surface area contributed by atoms with E-state index in [2.05, 4.69) is 47.3 Å². The molecular weight excluding hydrogens is 236 g/mol. The molecule has 4 heteroatoms. The van der Waals surface area contributed by atoms with Gasteiger partial charge in [0, 0.05) is 11.8 Å². The van der Waals surface area contributed by atoms with Gasteiger partial charge in [0.25, 0.3) is 0 Å². The van der Waals surface area contributed by atoms with Crippen LogP contribution in [0.15, 0.2) is 30.6 Å². The van der Waals surface area contributed by atoms with E-state index in [0.29, 0.717) is 11.5 Å². The van der Waals surface area contributed by atoms with Crippen LogP contribution in [0.3, 0.4) is 0 Å². The molecule has 1 heterocycles. The molecule has 2 aromatic rings. The number of para-hydroxylation sites is 1. The Morgan fingerprint density at radius 2 is 1.84 bits per heavy atom. The number of rotatable bonds is 4. The molecule has 1 N–H and O–H groups in total. The predicted molar refractivity (Wildman–Crippen MR) is 75.2 cm³/mol. The van der Waals surface area contributed by atoms with Crippen molar-refractivity contribution >= 4 is 11.5 Å². The molecule has 0 aliphatic heterocycles. The van der Waals surface area contributed by atoms with Crippen LogP contribution in [0.4, 0.5) is 11.5 Å². The molecular formula is C15H16N4. The van der Waals surface area contributed by atoms with Gasteiger partial charge < -0.3 is 5.32 Å². The lowest BCUT2D eigenvalue weighted by Gasteiger charge is -2.14. The van der Waals surface area contributed by atoms with Crippen molar-refractivity contribution in [3.63, 3.8) is 0 Å². The number of nitrogens with zero attached hydrogens (tertiary/aromatic N) is 3. The van der Waals surface area contributed by atoms with Crippen LogP contribution in [0.1, 0.15) is 30.7 Å². The third kappa shape index (κ3) is 2.89. The highest BCUT2D eigenvalue weighted by Gasteiger charge is 2.07. The topological polar surface area (TPSA) is 61.6 Å². The van der Waals surface area contributed by atoms with Gasteiger partial charge in [-0.05, 0) is 24.0 Å². The Hall–Kier alpha value is -2.41. The predicted octanol–water partition coefficient (Wildman–Crippen LogP) is 3.22. The highest BCUT2D eigenvalue weighted by atomic mass is 15.0. The number of hydrogen-bond donors (Lipinski definition) is 1. The van der Waals surface area contributed by atoms with E-state index in [1.165, 1.54) is 17.5 Å². The molecule has 0 amide bonds. The lowest BCUT2D eigenvalue weighted by molar-refractivity contribution is 1.08. The lowest BCUT2D eigenvalue weighted by Crippen LogP contribution is -2.02. The molecule has 0 unspecified atom stereocenters. The zero-order chi connectivity index (χ0) is 13.7. The summed E-state index contributed by atoms with van der Waals surface area (Å²) in [5, 5.41) is 12.2. The minimum absolute atomic E-state index is 0.365. The minimum Gasteiger partial charge on any atom is -0.340 e. The second kappa shape index (κ2) is 5.96. The van der Waals surface area contributed by atoms with Crippen LogP contribution in [-0.2, 0) is 12.8 Å². The molecule has 0 atom stereocenters. The quantitative estimate of drug-likeness (QED) is 0.907. The molecule has 0 fully saturated rings. The molecule has 1 aromatic heterocycles. The first-order chi connectivity index (χ1) is 9.28. The third-order valence-electron chi connectivity index (χ3n) is 3.03. The van der Waals surface area contributed by atoms with Crippen molar-refractivity contribution in [1.82, 2.24) is 9.97 Å². The molecule has 19 heavy (non-hydrogen) atoms. The Balaban J connectivity index is 2.39. The minimum atomic E-state index is 0.365. The first-order valence-electron chi connectivity index (χ1n) is 6.38. The van der Waals surface area contributed by atoms with E-state index in [9.17, 15) is 0 Å². The zero-order valence-electron chi connectivity index (χ0n) is 11.1. The summed E-state index contributed by atoms with van der Waals surface area (Å²) in [7, 11) is 0. The van der Waals surface area contributed by atoms with Gasteiger partial charge >= 0.3 is 0 Å². The smallest absolute Gasteiger partial charge is 0.145 e. The summed E-state index contributed by atoms with van der Waals surface area (Å²) in [4.78, 5) is 8.03. The molecule has 0 bridgehead atoms. The van der Waals surface area contributed by atoms with Crippen molar-refractivity contribution < 1.29 is 0 Å². The van der Waals surface area contributed by atoms with Crippen LogP contribution >= 0.6 is 0 Å². The third-order valence-corrected chi connectivity index (χ3v) is 3.03. The molecule has 0 saturated carbocycles. The van der Waals surface area contributed by atoms with Gasteiger partial charge in [-0.3, -0.25) is 0 Å². The average Bonchev–Trinajstić information content (AvgIpc) is 2.47. The highest BCUT2D eigenvalue weighted by Crippen LogP contribution is 2.25. The summed E-state index contributed by atoms with van der Waals surface area (Å²) in [6.45, 7) is 4.25. The summed E-state index contributed by atoms with van der Waals surface area (Å²) in [5.41, 5.74) is 3.95. The van der Waals surface area contributed by atoms with E-state index in [-0.39, 0.29) is 0 Å². The molecule has 0 saturated heterocycles. The molecule has 4 nitrogen and oxygen atoms in total. The number of aryl methyl sites for hydroxylation is 2. The number of benzene rings is 1. The van der Waals surface area contributed by atoms with Gasteiger partial charge in [-0.2, -0.15) is 5.26 Å². The molecule has 1 aromatic carbocycles. The monoisotopic (exact) mass is 252 g/mol. The molecule has 2 rings (SSSR count). The summed E-state index contributed by atoms with van der Waals surface area (Å²) >= 11 is 0. The maximum absolute atomic E-state index is 8.86. The molecule has 0 aliphatic carbocycles. The largest absolute Gasteiger partial charge is 0.340 e. The highest BCUT2D eigenvalue weighted by molar-refractivity contribution is 5.65. The maximum Gasteiger partial charge on any atom is 0.145 e. The molecule has 96 valence electrons. The van der Waals surface area contributed by atoms with Gasteiger partial charge in [0.1, 0.15) is 23.9 Å². The Morgan fingerprint density at radius 1 is 1.16 bits per heavy atom. The Morgan fingerprint density at radius 3 is 2.42 bits per heavy atom. The van der Waals surface area contributed by atoms with Crippen molar-refractivity contribution in [2.45, 2.75) is 26.7 Å². The van der Waals surface area contributed by atoms with Gasteiger partial charge in [-0.25, -0.2) is 9.97 Å². The maximum atomic E-state index is 8.86. The number of nitrogens with one attached hydrogen (secondary N) is 1. The first-order valence-corrected chi connectivity index (χ1v) is 6.38. The van der Waals surface area contributed by atoms with E-state index in [0.717, 1.165) is 18.5 Å². The summed E-state index contributed by atoms with van der Waals surface area (Å²) in [6, 6.07) is 9.96. The van der Waals surface area contributed by atoms with Crippen LogP contribution in [0.5, 0.6) is 0 Å². The Bertz CT molecular complexity index is 592. The number of nitriles is 1. The fourth-order valence-corrected chi connectivity index (χ4v) is 2.02. The van der Waals surface area contributed by atoms with Crippen LogP contribution in [0.2, 0.25) is 0 Å². The van der Waals surface area contributed by atoms with Gasteiger partial charge in [-0.15, -0.1) is 0 Å². The summed E-state index contributed by atoms with van der Waals surface area (Å²) < 4.78 is 0. The zero-order valence-corrected chi connectivity index (χ0v) is 11.1. The summed E-state index contributed by atoms with van der Waals surface area (Å²) in [5.74, 6) is 0.655. The van der Waals surface area contributed by atoms with Gasteiger partial charge in [0.2, 0.25) is 0 Å². The Kier molecular flexibility index (Phi) is 4.09. The van der Waals surface area contributed by atoms with Crippen molar-refractivity contribution in [3.05, 3.63) is 47.4 Å². The van der Waals surface area contributed by atoms with Crippen molar-refractivity contribution in [3.8, 4) is 6.07 Å². The summed E-state index contributed by atoms with van der Waals surface area (Å²) in [6.07, 6.45) is 3.31. The standard InChI is InChI=1S/C15H16N4/c1-3-11-6-5-7-12(4-2)15(11)19-14-8-13(9-16)17-10-18-14/h5-8,10H,3-4H2,1-2H3,(H,17,18,19). The van der Waals surface area contributed by atoms with Crippen LogP contribution in [-0.4, -0.2) is 9.97 Å². The van der Waals surface area contributed by atoms with Crippen molar-refractivity contribution in [2.24, 2.45) is 0 Å². The van der Waals surface area contributed by atoms with Gasteiger partial charge in [0.05, 0.1) is 0 Å². The van der Waals surface area contributed by atoms with E-state index in [1.54, 1.807) is 6.07 Å². The van der Waals surface area contributed by atoms with Crippen molar-refractivity contribution in [1.29, 1.82) is 5.26 Å². The lowest BCUT2D eigenvalue weighted by atomic mass is 10.0. The molecule has 0 aliphatic rings. The fraction of sp³-hybridized carbons (Fsp3) is 0.267. The number of aromatic nitrogens is 2. The fourth-order valence-electron chi connectivity index (χ4n) is 2.02. The van der Waals surface area contributed by atoms with E-state index < -0.39 is 0 Å².